The second kappa shape index (κ2) is 7.82. The Morgan fingerprint density at radius 1 is 1.09 bits per heavy atom. The zero-order valence-electron chi connectivity index (χ0n) is 14.4. The lowest BCUT2D eigenvalue weighted by atomic mass is 10.1. The third kappa shape index (κ3) is 4.59. The van der Waals surface area contributed by atoms with Crippen LogP contribution in [0.4, 0.5) is 5.69 Å². The molecule has 0 radical (unpaired) electrons. The molecule has 3 heteroatoms. The first-order valence-corrected chi connectivity index (χ1v) is 8.15. The summed E-state index contributed by atoms with van der Waals surface area (Å²) in [6.45, 7) is 8.50. The number of benzene rings is 2. The molecule has 122 valence electrons. The summed E-state index contributed by atoms with van der Waals surface area (Å²) in [6.07, 6.45) is 1.48. The smallest absolute Gasteiger partial charge is 0.224 e. The van der Waals surface area contributed by atoms with Gasteiger partial charge in [-0.3, -0.25) is 4.79 Å². The van der Waals surface area contributed by atoms with E-state index in [0.29, 0.717) is 13.0 Å². The highest BCUT2D eigenvalue weighted by molar-refractivity contribution is 5.91. The molecular weight excluding hydrogens is 286 g/mol. The molecule has 23 heavy (non-hydrogen) atoms. The van der Waals surface area contributed by atoms with Crippen LogP contribution in [-0.4, -0.2) is 5.91 Å². The van der Waals surface area contributed by atoms with Crippen molar-refractivity contribution in [2.45, 2.75) is 47.1 Å². The Kier molecular flexibility index (Phi) is 5.80. The van der Waals surface area contributed by atoms with Gasteiger partial charge in [-0.2, -0.15) is 0 Å². The number of amides is 1. The molecule has 0 aliphatic heterocycles. The predicted molar refractivity (Wildman–Crippen MR) is 95.0 cm³/mol. The van der Waals surface area contributed by atoms with E-state index < -0.39 is 0 Å². The monoisotopic (exact) mass is 311 g/mol. The molecule has 2 aromatic rings. The van der Waals surface area contributed by atoms with Gasteiger partial charge in [-0.25, -0.2) is 0 Å². The van der Waals surface area contributed by atoms with Gasteiger partial charge >= 0.3 is 0 Å². The summed E-state index contributed by atoms with van der Waals surface area (Å²) in [6, 6.07) is 12.3. The van der Waals surface area contributed by atoms with Gasteiger partial charge < -0.3 is 10.1 Å². The van der Waals surface area contributed by atoms with Gasteiger partial charge in [0.1, 0.15) is 12.4 Å². The SMILES string of the molecule is CCC(=O)Nc1cc(C)ccc1COc1ccc(CC)cc1C. The van der Waals surface area contributed by atoms with Crippen LogP contribution in [0.15, 0.2) is 36.4 Å². The van der Waals surface area contributed by atoms with Gasteiger partial charge in [0.05, 0.1) is 0 Å². The molecule has 1 N–H and O–H groups in total. The van der Waals surface area contributed by atoms with Crippen molar-refractivity contribution in [3.63, 3.8) is 0 Å². The van der Waals surface area contributed by atoms with Crippen molar-refractivity contribution >= 4 is 11.6 Å². The molecule has 2 rings (SSSR count). The van der Waals surface area contributed by atoms with E-state index >= 15 is 0 Å². The zero-order chi connectivity index (χ0) is 16.8. The van der Waals surface area contributed by atoms with Crippen LogP contribution < -0.4 is 10.1 Å². The molecule has 2 aromatic carbocycles. The van der Waals surface area contributed by atoms with Crippen molar-refractivity contribution < 1.29 is 9.53 Å². The summed E-state index contributed by atoms with van der Waals surface area (Å²) in [5, 5.41) is 2.95. The molecule has 0 unspecified atom stereocenters. The highest BCUT2D eigenvalue weighted by Crippen LogP contribution is 2.24. The summed E-state index contributed by atoms with van der Waals surface area (Å²) >= 11 is 0. The maximum atomic E-state index is 11.7. The van der Waals surface area contributed by atoms with Crippen molar-refractivity contribution in [3.8, 4) is 5.75 Å². The molecule has 0 atom stereocenters. The van der Waals surface area contributed by atoms with E-state index in [0.717, 1.165) is 34.5 Å². The molecule has 0 saturated carbocycles. The molecule has 0 spiro atoms. The Balaban J connectivity index is 2.15. The molecule has 0 aliphatic rings. The molecule has 0 bridgehead atoms. The lowest BCUT2D eigenvalue weighted by Gasteiger charge is -2.14. The van der Waals surface area contributed by atoms with E-state index in [1.807, 2.05) is 38.1 Å². The topological polar surface area (TPSA) is 38.3 Å². The Bertz CT molecular complexity index is 692. The zero-order valence-corrected chi connectivity index (χ0v) is 14.4. The largest absolute Gasteiger partial charge is 0.489 e. The summed E-state index contributed by atoms with van der Waals surface area (Å²) < 4.78 is 5.97. The minimum atomic E-state index is 0.0142. The van der Waals surface area contributed by atoms with E-state index in [1.165, 1.54) is 5.56 Å². The second-order valence-electron chi connectivity index (χ2n) is 5.80. The van der Waals surface area contributed by atoms with E-state index in [9.17, 15) is 4.79 Å². The van der Waals surface area contributed by atoms with Gasteiger partial charge in [-0.05, 0) is 49.1 Å². The third-order valence-electron chi connectivity index (χ3n) is 3.89. The van der Waals surface area contributed by atoms with E-state index in [-0.39, 0.29) is 5.91 Å². The fourth-order valence-corrected chi connectivity index (χ4v) is 2.42. The van der Waals surface area contributed by atoms with E-state index in [1.54, 1.807) is 0 Å². The van der Waals surface area contributed by atoms with E-state index in [2.05, 4.69) is 31.3 Å². The normalized spacial score (nSPS) is 10.4. The first-order valence-electron chi connectivity index (χ1n) is 8.15. The predicted octanol–water partition coefficient (Wildman–Crippen LogP) is 4.79. The minimum absolute atomic E-state index is 0.0142. The number of carbonyl (C=O) groups excluding carboxylic acids is 1. The molecule has 0 aromatic heterocycles. The van der Waals surface area contributed by atoms with Crippen LogP contribution in [0.25, 0.3) is 0 Å². The van der Waals surface area contributed by atoms with Crippen LogP contribution in [0, 0.1) is 13.8 Å². The van der Waals surface area contributed by atoms with Crippen LogP contribution in [-0.2, 0) is 17.8 Å². The van der Waals surface area contributed by atoms with Crippen molar-refractivity contribution in [3.05, 3.63) is 58.7 Å². The Morgan fingerprint density at radius 2 is 1.87 bits per heavy atom. The molecule has 0 aliphatic carbocycles. The number of ether oxygens (including phenoxy) is 1. The molecule has 0 heterocycles. The number of nitrogens with one attached hydrogen (secondary N) is 1. The van der Waals surface area contributed by atoms with Gasteiger partial charge in [0.15, 0.2) is 0 Å². The van der Waals surface area contributed by atoms with Crippen molar-refractivity contribution in [1.29, 1.82) is 0 Å². The van der Waals surface area contributed by atoms with Crippen LogP contribution in [0.1, 0.15) is 42.5 Å². The maximum absolute atomic E-state index is 11.7. The summed E-state index contributed by atoms with van der Waals surface area (Å²) in [4.78, 5) is 11.7. The number of hydrogen-bond donors (Lipinski definition) is 1. The number of carbonyl (C=O) groups is 1. The maximum Gasteiger partial charge on any atom is 0.224 e. The van der Waals surface area contributed by atoms with Crippen LogP contribution in [0.3, 0.4) is 0 Å². The fourth-order valence-electron chi connectivity index (χ4n) is 2.42. The van der Waals surface area contributed by atoms with Crippen LogP contribution >= 0.6 is 0 Å². The number of anilines is 1. The first-order chi connectivity index (χ1) is 11.0. The average Bonchev–Trinajstić information content (AvgIpc) is 2.54. The quantitative estimate of drug-likeness (QED) is 0.832. The highest BCUT2D eigenvalue weighted by atomic mass is 16.5. The number of aryl methyl sites for hydroxylation is 3. The number of rotatable bonds is 6. The third-order valence-corrected chi connectivity index (χ3v) is 3.89. The first kappa shape index (κ1) is 17.1. The molecular formula is C20H25NO2. The molecule has 3 nitrogen and oxygen atoms in total. The van der Waals surface area contributed by atoms with Gasteiger partial charge in [0.25, 0.3) is 0 Å². The highest BCUT2D eigenvalue weighted by Gasteiger charge is 2.08. The Hall–Kier alpha value is -2.29. The number of hydrogen-bond acceptors (Lipinski definition) is 2. The van der Waals surface area contributed by atoms with Crippen LogP contribution in [0.5, 0.6) is 5.75 Å². The second-order valence-corrected chi connectivity index (χ2v) is 5.80. The molecule has 0 saturated heterocycles. The van der Waals surface area contributed by atoms with Gasteiger partial charge in [0, 0.05) is 17.7 Å². The molecule has 0 fully saturated rings. The summed E-state index contributed by atoms with van der Waals surface area (Å²) in [5.41, 5.74) is 5.37. The van der Waals surface area contributed by atoms with Crippen molar-refractivity contribution in [2.24, 2.45) is 0 Å². The standard InChI is InChI=1S/C20H25NO2/c1-5-16-8-10-19(15(4)12-16)23-13-17-9-7-14(3)11-18(17)21-20(22)6-2/h7-12H,5-6,13H2,1-4H3,(H,21,22). The van der Waals surface area contributed by atoms with Crippen molar-refractivity contribution in [1.82, 2.24) is 0 Å². The van der Waals surface area contributed by atoms with Gasteiger partial charge in [-0.15, -0.1) is 0 Å². The van der Waals surface area contributed by atoms with Gasteiger partial charge in [-0.1, -0.05) is 38.1 Å². The lowest BCUT2D eigenvalue weighted by molar-refractivity contribution is -0.115. The van der Waals surface area contributed by atoms with E-state index in [4.69, 9.17) is 4.74 Å². The van der Waals surface area contributed by atoms with Gasteiger partial charge in [0.2, 0.25) is 5.91 Å². The molecule has 1 amide bonds. The minimum Gasteiger partial charge on any atom is -0.489 e. The lowest BCUT2D eigenvalue weighted by Crippen LogP contribution is -2.12. The summed E-state index contributed by atoms with van der Waals surface area (Å²) in [5.74, 6) is 0.899. The summed E-state index contributed by atoms with van der Waals surface area (Å²) in [7, 11) is 0. The van der Waals surface area contributed by atoms with Crippen molar-refractivity contribution in [2.75, 3.05) is 5.32 Å². The Labute approximate surface area is 138 Å². The fraction of sp³-hybridized carbons (Fsp3) is 0.350. The Morgan fingerprint density at radius 3 is 2.52 bits per heavy atom. The van der Waals surface area contributed by atoms with Crippen LogP contribution in [0.2, 0.25) is 0 Å². The average molecular weight is 311 g/mol.